The van der Waals surface area contributed by atoms with Crippen molar-refractivity contribution in [2.45, 2.75) is 6.92 Å². The molecule has 0 fully saturated rings. The van der Waals surface area contributed by atoms with Crippen LogP contribution < -0.4 is 0 Å². The van der Waals surface area contributed by atoms with E-state index < -0.39 is 0 Å². The first-order chi connectivity index (χ1) is 3.33. The zero-order chi connectivity index (χ0) is 6.12. The molecule has 1 nitrogen and oxygen atoms in total. The van der Waals surface area contributed by atoms with E-state index in [1.165, 1.54) is 6.92 Å². The van der Waals surface area contributed by atoms with Crippen molar-refractivity contribution < 1.29 is 37.1 Å². The summed E-state index contributed by atoms with van der Waals surface area (Å²) in [7, 11) is 3.58. The standard InChI is InChI=1S/C2H3N.2Mo.S2/c1-2-3;;;1-2/h1H3;;;/q;2*+1;-2. The first kappa shape index (κ1) is 11.4. The molecule has 0 aromatic carbocycles. The Labute approximate surface area is 71.6 Å². The molecule has 0 aliphatic carbocycles. The molecule has 0 spiro atoms. The van der Waals surface area contributed by atoms with Gasteiger partial charge < -0.3 is 0 Å². The van der Waals surface area contributed by atoms with Gasteiger partial charge in [0.25, 0.3) is 0 Å². The molecule has 0 radical (unpaired) electrons. The summed E-state index contributed by atoms with van der Waals surface area (Å²) in [4.78, 5) is 0. The third kappa shape index (κ3) is 35.6. The Hall–Kier alpha value is 1.57. The average molecular weight is 297 g/mol. The van der Waals surface area contributed by atoms with E-state index in [0.717, 1.165) is 0 Å². The van der Waals surface area contributed by atoms with Crippen molar-refractivity contribution in [3.05, 3.63) is 0 Å². The number of nitriles is 1. The summed E-state index contributed by atoms with van der Waals surface area (Å²) < 4.78 is 0. The van der Waals surface area contributed by atoms with Crippen LogP contribution in [0.3, 0.4) is 0 Å². The molecule has 0 rings (SSSR count). The van der Waals surface area contributed by atoms with Gasteiger partial charge in [-0.3, -0.25) is 0 Å². The SMILES string of the molecule is CC#N.[Mo][S][S][Mo]. The van der Waals surface area contributed by atoms with Crippen LogP contribution >= 0.6 is 17.0 Å². The van der Waals surface area contributed by atoms with E-state index >= 15 is 0 Å². The van der Waals surface area contributed by atoms with Crippen LogP contribution in [0.25, 0.3) is 0 Å². The normalized spacial score (nSPS) is 5.14. The number of hydrogen-bond donors (Lipinski definition) is 0. The third-order valence-electron chi connectivity index (χ3n) is 0.0278. The summed E-state index contributed by atoms with van der Waals surface area (Å²) in [6.07, 6.45) is 0. The van der Waals surface area contributed by atoms with Crippen LogP contribution in [0, 0.1) is 11.3 Å². The second-order valence-electron chi connectivity index (χ2n) is 0.360. The fraction of sp³-hybridized carbons (Fsp3) is 0.500. The summed E-state index contributed by atoms with van der Waals surface area (Å²) >= 11 is 4.01. The van der Waals surface area contributed by atoms with Crippen molar-refractivity contribution in [2.75, 3.05) is 0 Å². The Balaban J connectivity index is 0. The van der Waals surface area contributed by atoms with Crippen molar-refractivity contribution in [2.24, 2.45) is 0 Å². The number of rotatable bonds is 1. The number of nitrogens with zero attached hydrogens (tertiary/aromatic N) is 1. The molecular formula is C2H3Mo2NS2. The first-order valence-electron chi connectivity index (χ1n) is 1.22. The van der Waals surface area contributed by atoms with Gasteiger partial charge in [-0.2, -0.15) is 5.26 Å². The van der Waals surface area contributed by atoms with Crippen molar-refractivity contribution in [3.63, 3.8) is 0 Å². The monoisotopic (exact) mass is 301 g/mol. The average Bonchev–Trinajstić information content (AvgIpc) is 1.69. The molecule has 0 saturated carbocycles. The Morgan fingerprint density at radius 2 is 1.57 bits per heavy atom. The van der Waals surface area contributed by atoms with Crippen molar-refractivity contribution in [1.82, 2.24) is 0 Å². The van der Waals surface area contributed by atoms with Crippen LogP contribution in [0.2, 0.25) is 0 Å². The molecule has 0 amide bonds. The third-order valence-corrected chi connectivity index (χ3v) is 8.75. The van der Waals surface area contributed by atoms with Gasteiger partial charge >= 0.3 is 54.1 Å². The molecule has 0 unspecified atom stereocenters. The van der Waals surface area contributed by atoms with Gasteiger partial charge in [0, 0.05) is 6.92 Å². The Morgan fingerprint density at radius 1 is 1.43 bits per heavy atom. The molecule has 5 heteroatoms. The second-order valence-corrected chi connectivity index (χ2v) is 7.47. The minimum absolute atomic E-state index is 1.43. The van der Waals surface area contributed by atoms with Gasteiger partial charge in [-0.05, 0) is 0 Å². The van der Waals surface area contributed by atoms with E-state index in [2.05, 4.69) is 0 Å². The molecule has 0 aliphatic heterocycles. The Kier molecular flexibility index (Phi) is 25.4. The molecule has 0 aliphatic rings. The van der Waals surface area contributed by atoms with E-state index in [0.29, 0.717) is 0 Å². The predicted molar refractivity (Wildman–Crippen MR) is 26.5 cm³/mol. The van der Waals surface area contributed by atoms with Gasteiger partial charge in [0.1, 0.15) is 0 Å². The van der Waals surface area contributed by atoms with E-state index in [4.69, 9.17) is 5.26 Å². The summed E-state index contributed by atoms with van der Waals surface area (Å²) in [5.41, 5.74) is 0. The molecule has 0 aromatic heterocycles. The fourth-order valence-electron chi connectivity index (χ4n) is 0. The molecule has 0 atom stereocenters. The van der Waals surface area contributed by atoms with Crippen LogP contribution in [0.4, 0.5) is 0 Å². The zero-order valence-electron chi connectivity index (χ0n) is 3.58. The Morgan fingerprint density at radius 3 is 1.57 bits per heavy atom. The van der Waals surface area contributed by atoms with Crippen molar-refractivity contribution in [3.8, 4) is 6.07 Å². The minimum atomic E-state index is 1.43. The van der Waals surface area contributed by atoms with E-state index in [1.54, 1.807) is 23.1 Å². The summed E-state index contributed by atoms with van der Waals surface area (Å²) in [5, 5.41) is 7.32. The maximum absolute atomic E-state index is 7.32. The van der Waals surface area contributed by atoms with Crippen LogP contribution in [0.15, 0.2) is 0 Å². The molecular weight excluding hydrogens is 294 g/mol. The van der Waals surface area contributed by atoms with Gasteiger partial charge in [-0.25, -0.2) is 0 Å². The van der Waals surface area contributed by atoms with Crippen molar-refractivity contribution >= 4 is 17.0 Å². The van der Waals surface area contributed by atoms with Gasteiger partial charge in [0.2, 0.25) is 0 Å². The summed E-state index contributed by atoms with van der Waals surface area (Å²) in [5.74, 6) is 0. The zero-order valence-corrected chi connectivity index (χ0v) is 9.23. The van der Waals surface area contributed by atoms with Crippen LogP contribution in [0.1, 0.15) is 6.92 Å². The van der Waals surface area contributed by atoms with Crippen LogP contribution in [-0.2, 0) is 37.1 Å². The fourth-order valence-corrected chi connectivity index (χ4v) is 0. The van der Waals surface area contributed by atoms with Crippen molar-refractivity contribution in [1.29, 1.82) is 5.26 Å². The number of hydrogen-bond acceptors (Lipinski definition) is 3. The topological polar surface area (TPSA) is 23.8 Å². The molecule has 7 heavy (non-hydrogen) atoms. The van der Waals surface area contributed by atoms with E-state index in [-0.39, 0.29) is 0 Å². The van der Waals surface area contributed by atoms with E-state index in [1.807, 2.05) is 37.1 Å². The maximum atomic E-state index is 7.32. The Bertz CT molecular complexity index is 50.1. The predicted octanol–water partition coefficient (Wildman–Crippen LogP) is 1.82. The van der Waals surface area contributed by atoms with Crippen LogP contribution in [0.5, 0.6) is 0 Å². The second kappa shape index (κ2) is 15.6. The van der Waals surface area contributed by atoms with Gasteiger partial charge in [0.05, 0.1) is 6.07 Å². The molecule has 0 saturated heterocycles. The molecule has 0 bridgehead atoms. The van der Waals surface area contributed by atoms with Gasteiger partial charge in [-0.1, -0.05) is 0 Å². The van der Waals surface area contributed by atoms with Gasteiger partial charge in [-0.15, -0.1) is 0 Å². The first-order valence-corrected chi connectivity index (χ1v) is 8.14. The van der Waals surface area contributed by atoms with E-state index in [9.17, 15) is 0 Å². The van der Waals surface area contributed by atoms with Gasteiger partial charge in [0.15, 0.2) is 0 Å². The van der Waals surface area contributed by atoms with Crippen LogP contribution in [-0.4, -0.2) is 0 Å². The quantitative estimate of drug-likeness (QED) is 0.545. The summed E-state index contributed by atoms with van der Waals surface area (Å²) in [6.45, 7) is 1.43. The summed E-state index contributed by atoms with van der Waals surface area (Å²) in [6, 6.07) is 1.75. The molecule has 40 valence electrons. The molecule has 0 aromatic rings. The molecule has 0 heterocycles. The molecule has 0 N–H and O–H groups in total.